The van der Waals surface area contributed by atoms with Crippen molar-refractivity contribution in [3.8, 4) is 6.07 Å². The smallest absolute Gasteiger partial charge is 0.101 e. The number of hydrogen-bond acceptors (Lipinski definition) is 3. The van der Waals surface area contributed by atoms with E-state index in [1.54, 1.807) is 24.3 Å². The average Bonchev–Trinajstić information content (AvgIpc) is 2.62. The zero-order valence-corrected chi connectivity index (χ0v) is 14.6. The Balaban J connectivity index is 1.69. The molecule has 1 aliphatic rings. The van der Waals surface area contributed by atoms with Gasteiger partial charge in [0.05, 0.1) is 17.4 Å². The molecule has 0 aromatic heterocycles. The average molecular weight is 361 g/mol. The van der Waals surface area contributed by atoms with Crippen molar-refractivity contribution in [1.29, 1.82) is 5.26 Å². The number of nitriles is 1. The van der Waals surface area contributed by atoms with Gasteiger partial charge in [-0.2, -0.15) is 5.26 Å². The summed E-state index contributed by atoms with van der Waals surface area (Å²) < 4.78 is 0. The molecule has 0 aliphatic carbocycles. The second-order valence-electron chi connectivity index (χ2n) is 6.09. The maximum Gasteiger partial charge on any atom is 0.101 e. The maximum absolute atomic E-state index is 10.6. The molecule has 1 N–H and O–H groups in total. The van der Waals surface area contributed by atoms with Crippen LogP contribution in [0, 0.1) is 17.2 Å². The third-order valence-electron chi connectivity index (χ3n) is 4.62. The molecule has 24 heavy (non-hydrogen) atoms. The van der Waals surface area contributed by atoms with Crippen LogP contribution in [0.15, 0.2) is 42.5 Å². The van der Waals surface area contributed by atoms with Gasteiger partial charge in [0.15, 0.2) is 0 Å². The van der Waals surface area contributed by atoms with Gasteiger partial charge in [0, 0.05) is 23.1 Å². The number of rotatable bonds is 3. The second-order valence-corrected chi connectivity index (χ2v) is 6.97. The number of aliphatic hydroxyl groups is 1. The molecule has 2 aromatic carbocycles. The Hall–Kier alpha value is -1.73. The van der Waals surface area contributed by atoms with E-state index in [2.05, 4.69) is 11.0 Å². The van der Waals surface area contributed by atoms with Crippen molar-refractivity contribution >= 4 is 28.9 Å². The largest absolute Gasteiger partial charge is 0.388 e. The molecule has 124 valence electrons. The van der Waals surface area contributed by atoms with Crippen LogP contribution in [-0.4, -0.2) is 18.2 Å². The minimum Gasteiger partial charge on any atom is -0.388 e. The van der Waals surface area contributed by atoms with Gasteiger partial charge in [0.2, 0.25) is 0 Å². The minimum absolute atomic E-state index is 0.201. The Labute approximate surface area is 152 Å². The van der Waals surface area contributed by atoms with Gasteiger partial charge in [-0.05, 0) is 54.7 Å². The van der Waals surface area contributed by atoms with Crippen molar-refractivity contribution in [2.24, 2.45) is 5.92 Å². The van der Waals surface area contributed by atoms with E-state index in [9.17, 15) is 10.4 Å². The lowest BCUT2D eigenvalue weighted by Crippen LogP contribution is -2.36. The zero-order chi connectivity index (χ0) is 17.1. The monoisotopic (exact) mass is 360 g/mol. The van der Waals surface area contributed by atoms with Crippen molar-refractivity contribution in [2.75, 3.05) is 18.0 Å². The van der Waals surface area contributed by atoms with Crippen LogP contribution < -0.4 is 4.90 Å². The second kappa shape index (κ2) is 7.44. The lowest BCUT2D eigenvalue weighted by molar-refractivity contribution is 0.0930. The van der Waals surface area contributed by atoms with Gasteiger partial charge < -0.3 is 10.0 Å². The first kappa shape index (κ1) is 17.1. The van der Waals surface area contributed by atoms with Crippen LogP contribution in [0.3, 0.4) is 0 Å². The quantitative estimate of drug-likeness (QED) is 0.853. The summed E-state index contributed by atoms with van der Waals surface area (Å²) in [5.41, 5.74) is 2.42. The van der Waals surface area contributed by atoms with Crippen LogP contribution in [-0.2, 0) is 0 Å². The van der Waals surface area contributed by atoms with Gasteiger partial charge in [0.25, 0.3) is 0 Å². The summed E-state index contributed by atoms with van der Waals surface area (Å²) in [4.78, 5) is 2.18. The van der Waals surface area contributed by atoms with E-state index in [1.165, 1.54) is 0 Å². The van der Waals surface area contributed by atoms with Gasteiger partial charge in [-0.3, -0.25) is 0 Å². The fraction of sp³-hybridized carbons (Fsp3) is 0.316. The van der Waals surface area contributed by atoms with Gasteiger partial charge >= 0.3 is 0 Å². The number of halogens is 2. The molecule has 3 nitrogen and oxygen atoms in total. The highest BCUT2D eigenvalue weighted by Gasteiger charge is 2.27. The lowest BCUT2D eigenvalue weighted by Gasteiger charge is -2.36. The Morgan fingerprint density at radius 2 is 1.67 bits per heavy atom. The van der Waals surface area contributed by atoms with E-state index >= 15 is 0 Å². The maximum atomic E-state index is 10.6. The normalized spacial score (nSPS) is 16.7. The van der Waals surface area contributed by atoms with Crippen molar-refractivity contribution < 1.29 is 5.11 Å². The molecule has 1 heterocycles. The van der Waals surface area contributed by atoms with Crippen LogP contribution in [0.4, 0.5) is 5.69 Å². The van der Waals surface area contributed by atoms with Crippen LogP contribution in [0.5, 0.6) is 0 Å². The van der Waals surface area contributed by atoms with E-state index in [-0.39, 0.29) is 5.92 Å². The molecule has 0 radical (unpaired) electrons. The Morgan fingerprint density at radius 3 is 2.29 bits per heavy atom. The molecule has 1 atom stereocenters. The van der Waals surface area contributed by atoms with Gasteiger partial charge in [-0.15, -0.1) is 0 Å². The summed E-state index contributed by atoms with van der Waals surface area (Å²) >= 11 is 12.0. The molecular weight excluding hydrogens is 343 g/mol. The van der Waals surface area contributed by atoms with E-state index in [4.69, 9.17) is 23.2 Å². The summed E-state index contributed by atoms with van der Waals surface area (Å²) in [5.74, 6) is 0.201. The number of anilines is 1. The van der Waals surface area contributed by atoms with Gasteiger partial charge in [0.1, 0.15) is 6.07 Å². The van der Waals surface area contributed by atoms with Crippen molar-refractivity contribution in [3.63, 3.8) is 0 Å². The predicted molar refractivity (Wildman–Crippen MR) is 97.5 cm³/mol. The highest BCUT2D eigenvalue weighted by molar-refractivity contribution is 6.31. The summed E-state index contributed by atoms with van der Waals surface area (Å²) in [6.45, 7) is 1.59. The summed E-state index contributed by atoms with van der Waals surface area (Å²) in [6.07, 6.45) is 1.24. The molecule has 0 saturated carbocycles. The topological polar surface area (TPSA) is 47.3 Å². The number of nitrogens with zero attached hydrogens (tertiary/aromatic N) is 2. The molecule has 0 bridgehead atoms. The van der Waals surface area contributed by atoms with E-state index in [0.717, 1.165) is 37.2 Å². The summed E-state index contributed by atoms with van der Waals surface area (Å²) in [7, 11) is 0. The minimum atomic E-state index is -0.487. The number of aliphatic hydroxyl groups excluding tert-OH is 1. The van der Waals surface area contributed by atoms with E-state index in [0.29, 0.717) is 15.6 Å². The van der Waals surface area contributed by atoms with E-state index in [1.807, 2.05) is 18.2 Å². The molecular formula is C19H18Cl2N2O. The van der Waals surface area contributed by atoms with E-state index < -0.39 is 6.10 Å². The molecule has 5 heteroatoms. The zero-order valence-electron chi connectivity index (χ0n) is 13.1. The van der Waals surface area contributed by atoms with Gasteiger partial charge in [-0.1, -0.05) is 35.3 Å². The number of piperidine rings is 1. The third kappa shape index (κ3) is 3.67. The first-order chi connectivity index (χ1) is 11.6. The van der Waals surface area contributed by atoms with Crippen LogP contribution in [0.1, 0.15) is 30.1 Å². The molecule has 0 amide bonds. The molecule has 1 aliphatic heterocycles. The van der Waals surface area contributed by atoms with Crippen LogP contribution >= 0.6 is 23.2 Å². The molecule has 0 spiro atoms. The number of benzene rings is 2. The van der Waals surface area contributed by atoms with Crippen molar-refractivity contribution in [1.82, 2.24) is 0 Å². The highest BCUT2D eigenvalue weighted by atomic mass is 35.5. The lowest BCUT2D eigenvalue weighted by atomic mass is 9.87. The Bertz CT molecular complexity index is 747. The van der Waals surface area contributed by atoms with Crippen LogP contribution in [0.2, 0.25) is 10.0 Å². The first-order valence-corrected chi connectivity index (χ1v) is 8.72. The highest BCUT2D eigenvalue weighted by Crippen LogP contribution is 2.34. The predicted octanol–water partition coefficient (Wildman–Crippen LogP) is 4.82. The summed E-state index contributed by atoms with van der Waals surface area (Å²) in [5, 5.41) is 21.2. The van der Waals surface area contributed by atoms with Crippen molar-refractivity contribution in [2.45, 2.75) is 18.9 Å². The SMILES string of the molecule is N#Cc1ccc(Cl)cc1N1CCC(C(O)c2ccc(Cl)cc2)CC1. The molecule has 3 rings (SSSR count). The molecule has 1 saturated heterocycles. The van der Waals surface area contributed by atoms with Gasteiger partial charge in [-0.25, -0.2) is 0 Å². The molecule has 1 fully saturated rings. The third-order valence-corrected chi connectivity index (χ3v) is 5.11. The Morgan fingerprint density at radius 1 is 1.04 bits per heavy atom. The Kier molecular flexibility index (Phi) is 5.30. The number of hydrogen-bond donors (Lipinski definition) is 1. The standard InChI is InChI=1S/C19H18Cl2N2O/c20-16-4-1-13(2-5-16)19(24)14-7-9-23(10-8-14)18-11-17(21)6-3-15(18)12-22/h1-6,11,14,19,24H,7-10H2. The fourth-order valence-corrected chi connectivity index (χ4v) is 3.54. The molecule has 2 aromatic rings. The fourth-order valence-electron chi connectivity index (χ4n) is 3.25. The summed E-state index contributed by atoms with van der Waals surface area (Å²) in [6, 6.07) is 14.9. The van der Waals surface area contributed by atoms with Crippen LogP contribution in [0.25, 0.3) is 0 Å². The first-order valence-electron chi connectivity index (χ1n) is 7.96. The van der Waals surface area contributed by atoms with Crippen molar-refractivity contribution in [3.05, 3.63) is 63.6 Å². The molecule has 1 unspecified atom stereocenters.